The average molecular weight is 283 g/mol. The van der Waals surface area contributed by atoms with Crippen LogP contribution in [0.1, 0.15) is 13.3 Å². The minimum Gasteiger partial charge on any atom is -0.497 e. The summed E-state index contributed by atoms with van der Waals surface area (Å²) in [5, 5.41) is 11.3. The lowest BCUT2D eigenvalue weighted by Crippen LogP contribution is -2.41. The van der Waals surface area contributed by atoms with E-state index in [1.165, 1.54) is 11.8 Å². The van der Waals surface area contributed by atoms with E-state index in [0.29, 0.717) is 6.42 Å². The van der Waals surface area contributed by atoms with Gasteiger partial charge in [0.2, 0.25) is 5.91 Å². The number of carboxylic acids is 1. The van der Waals surface area contributed by atoms with Gasteiger partial charge < -0.3 is 15.2 Å². The van der Waals surface area contributed by atoms with Crippen molar-refractivity contribution >= 4 is 23.6 Å². The molecule has 2 N–H and O–H groups in total. The molecule has 0 unspecified atom stereocenters. The van der Waals surface area contributed by atoms with Gasteiger partial charge in [-0.3, -0.25) is 4.79 Å². The number of carboxylic acid groups (broad SMARTS) is 1. The summed E-state index contributed by atoms with van der Waals surface area (Å²) in [6.45, 7) is 1.72. The minimum atomic E-state index is -1.01. The van der Waals surface area contributed by atoms with Crippen molar-refractivity contribution in [2.45, 2.75) is 24.3 Å². The van der Waals surface area contributed by atoms with Gasteiger partial charge in [-0.1, -0.05) is 6.92 Å². The molecule has 6 heteroatoms. The fraction of sp³-hybridized carbons (Fsp3) is 0.385. The predicted octanol–water partition coefficient (Wildman–Crippen LogP) is 1.77. The standard InChI is InChI=1S/C13H17NO4S/c1-3-11(13(16)17)14-12(15)8-19-10-6-4-9(18-2)5-7-10/h4-7,11H,3,8H2,1-2H3,(H,14,15)(H,16,17)/t11-/m1/s1. The van der Waals surface area contributed by atoms with Gasteiger partial charge in [0, 0.05) is 4.90 Å². The maximum atomic E-state index is 11.6. The van der Waals surface area contributed by atoms with Crippen molar-refractivity contribution in [2.24, 2.45) is 0 Å². The van der Waals surface area contributed by atoms with E-state index in [1.54, 1.807) is 14.0 Å². The largest absolute Gasteiger partial charge is 0.497 e. The lowest BCUT2D eigenvalue weighted by Gasteiger charge is -2.11. The number of ether oxygens (including phenoxy) is 1. The van der Waals surface area contributed by atoms with E-state index in [4.69, 9.17) is 9.84 Å². The molecule has 1 aromatic carbocycles. The lowest BCUT2D eigenvalue weighted by atomic mass is 10.2. The molecule has 0 aromatic heterocycles. The highest BCUT2D eigenvalue weighted by Gasteiger charge is 2.17. The molecular weight excluding hydrogens is 266 g/mol. The Bertz CT molecular complexity index is 433. The number of rotatable bonds is 7. The van der Waals surface area contributed by atoms with Gasteiger partial charge in [-0.15, -0.1) is 11.8 Å². The molecule has 1 rings (SSSR count). The molecule has 0 spiro atoms. The van der Waals surface area contributed by atoms with Crippen LogP contribution in [0.4, 0.5) is 0 Å². The molecular formula is C13H17NO4S. The first-order valence-corrected chi connectivity index (χ1v) is 6.84. The van der Waals surface area contributed by atoms with Crippen molar-refractivity contribution in [3.63, 3.8) is 0 Å². The van der Waals surface area contributed by atoms with Crippen molar-refractivity contribution in [1.29, 1.82) is 0 Å². The molecule has 19 heavy (non-hydrogen) atoms. The van der Waals surface area contributed by atoms with E-state index < -0.39 is 12.0 Å². The SMILES string of the molecule is CC[C@@H](NC(=O)CSc1ccc(OC)cc1)C(=O)O. The van der Waals surface area contributed by atoms with Crippen LogP contribution in [0, 0.1) is 0 Å². The number of methoxy groups -OCH3 is 1. The van der Waals surface area contributed by atoms with Crippen LogP contribution in [0.15, 0.2) is 29.2 Å². The fourth-order valence-electron chi connectivity index (χ4n) is 1.40. The Morgan fingerprint density at radius 2 is 2.00 bits per heavy atom. The van der Waals surface area contributed by atoms with Crippen molar-refractivity contribution in [3.8, 4) is 5.75 Å². The summed E-state index contributed by atoms with van der Waals surface area (Å²) in [7, 11) is 1.59. The zero-order valence-corrected chi connectivity index (χ0v) is 11.7. The van der Waals surface area contributed by atoms with Crippen molar-refractivity contribution in [3.05, 3.63) is 24.3 Å². The van der Waals surface area contributed by atoms with Crippen LogP contribution in [-0.4, -0.2) is 35.9 Å². The molecule has 0 heterocycles. The normalized spacial score (nSPS) is 11.7. The molecule has 0 aliphatic rings. The smallest absolute Gasteiger partial charge is 0.326 e. The third-order valence-corrected chi connectivity index (χ3v) is 3.48. The number of amides is 1. The topological polar surface area (TPSA) is 75.6 Å². The highest BCUT2D eigenvalue weighted by atomic mass is 32.2. The number of carbonyl (C=O) groups excluding carboxylic acids is 1. The summed E-state index contributed by atoms with van der Waals surface area (Å²) < 4.78 is 5.03. The van der Waals surface area contributed by atoms with Crippen LogP contribution in [0.25, 0.3) is 0 Å². The highest BCUT2D eigenvalue weighted by Crippen LogP contribution is 2.20. The van der Waals surface area contributed by atoms with Gasteiger partial charge in [0.05, 0.1) is 12.9 Å². The Morgan fingerprint density at radius 1 is 1.37 bits per heavy atom. The number of thioether (sulfide) groups is 1. The second kappa shape index (κ2) is 7.68. The first kappa shape index (κ1) is 15.4. The second-order valence-electron chi connectivity index (χ2n) is 3.83. The zero-order valence-electron chi connectivity index (χ0n) is 10.9. The summed E-state index contributed by atoms with van der Waals surface area (Å²) in [4.78, 5) is 23.3. The summed E-state index contributed by atoms with van der Waals surface area (Å²) in [6, 6.07) is 6.51. The summed E-state index contributed by atoms with van der Waals surface area (Å²) >= 11 is 1.35. The third-order valence-electron chi connectivity index (χ3n) is 2.47. The van der Waals surface area contributed by atoms with E-state index in [1.807, 2.05) is 24.3 Å². The van der Waals surface area contributed by atoms with Crippen LogP contribution in [0.3, 0.4) is 0 Å². The van der Waals surface area contributed by atoms with E-state index in [-0.39, 0.29) is 11.7 Å². The van der Waals surface area contributed by atoms with Gasteiger partial charge in [0.15, 0.2) is 0 Å². The summed E-state index contributed by atoms with van der Waals surface area (Å²) in [5.41, 5.74) is 0. The summed E-state index contributed by atoms with van der Waals surface area (Å²) in [5.74, 6) is -0.345. The van der Waals surface area contributed by atoms with E-state index in [9.17, 15) is 9.59 Å². The molecule has 0 fully saturated rings. The molecule has 0 aliphatic carbocycles. The molecule has 0 radical (unpaired) electrons. The highest BCUT2D eigenvalue weighted by molar-refractivity contribution is 8.00. The Hall–Kier alpha value is -1.69. The first-order chi connectivity index (χ1) is 9.06. The maximum absolute atomic E-state index is 11.6. The van der Waals surface area contributed by atoms with Gasteiger partial charge in [0.25, 0.3) is 0 Å². The molecule has 1 aromatic rings. The Balaban J connectivity index is 2.42. The molecule has 1 atom stereocenters. The number of hydrogen-bond donors (Lipinski definition) is 2. The van der Waals surface area contributed by atoms with Gasteiger partial charge in [-0.25, -0.2) is 4.79 Å². The molecule has 0 saturated heterocycles. The Labute approximate surface area is 116 Å². The molecule has 0 saturated carbocycles. The quantitative estimate of drug-likeness (QED) is 0.746. The molecule has 1 amide bonds. The number of nitrogens with one attached hydrogen (secondary N) is 1. The monoisotopic (exact) mass is 283 g/mol. The molecule has 104 valence electrons. The van der Waals surface area contributed by atoms with Crippen LogP contribution in [0.2, 0.25) is 0 Å². The maximum Gasteiger partial charge on any atom is 0.326 e. The van der Waals surface area contributed by atoms with Crippen molar-refractivity contribution in [1.82, 2.24) is 5.32 Å². The molecule has 0 bridgehead atoms. The fourth-order valence-corrected chi connectivity index (χ4v) is 2.10. The number of benzene rings is 1. The molecule has 5 nitrogen and oxygen atoms in total. The van der Waals surface area contributed by atoms with Gasteiger partial charge in [-0.05, 0) is 30.7 Å². The third kappa shape index (κ3) is 5.21. The van der Waals surface area contributed by atoms with Crippen LogP contribution < -0.4 is 10.1 Å². The number of carbonyl (C=O) groups is 2. The van der Waals surface area contributed by atoms with Gasteiger partial charge >= 0.3 is 5.97 Å². The number of hydrogen-bond acceptors (Lipinski definition) is 4. The van der Waals surface area contributed by atoms with E-state index in [2.05, 4.69) is 5.32 Å². The zero-order chi connectivity index (χ0) is 14.3. The second-order valence-corrected chi connectivity index (χ2v) is 4.88. The van der Waals surface area contributed by atoms with Gasteiger partial charge in [0.1, 0.15) is 11.8 Å². The lowest BCUT2D eigenvalue weighted by molar-refractivity contribution is -0.141. The first-order valence-electron chi connectivity index (χ1n) is 5.85. The number of aliphatic carboxylic acids is 1. The predicted molar refractivity (Wildman–Crippen MR) is 73.6 cm³/mol. The van der Waals surface area contributed by atoms with Crippen LogP contribution in [0.5, 0.6) is 5.75 Å². The minimum absolute atomic E-state index is 0.191. The summed E-state index contributed by atoms with van der Waals surface area (Å²) in [6.07, 6.45) is 0.369. The van der Waals surface area contributed by atoms with Crippen LogP contribution in [-0.2, 0) is 9.59 Å². The van der Waals surface area contributed by atoms with E-state index >= 15 is 0 Å². The van der Waals surface area contributed by atoms with Gasteiger partial charge in [-0.2, -0.15) is 0 Å². The average Bonchev–Trinajstić information content (AvgIpc) is 2.42. The Morgan fingerprint density at radius 3 is 2.47 bits per heavy atom. The van der Waals surface area contributed by atoms with Crippen LogP contribution >= 0.6 is 11.8 Å². The van der Waals surface area contributed by atoms with Crippen molar-refractivity contribution in [2.75, 3.05) is 12.9 Å². The van der Waals surface area contributed by atoms with E-state index in [0.717, 1.165) is 10.6 Å². The molecule has 0 aliphatic heterocycles. The Kier molecular flexibility index (Phi) is 6.21. The van der Waals surface area contributed by atoms with Crippen molar-refractivity contribution < 1.29 is 19.4 Å².